The molecule has 0 spiro atoms. The highest BCUT2D eigenvalue weighted by Gasteiger charge is 2.20. The molecule has 0 aliphatic carbocycles. The van der Waals surface area contributed by atoms with Gasteiger partial charge < -0.3 is 14.4 Å². The molecule has 0 atom stereocenters. The maximum absolute atomic E-state index is 12.5. The summed E-state index contributed by atoms with van der Waals surface area (Å²) in [5, 5.41) is 14.1. The number of nitrogens with zero attached hydrogens (tertiary/aromatic N) is 1. The number of fused-ring (bicyclic) bond motifs is 3. The Labute approximate surface area is 133 Å². The molecule has 4 aromatic rings. The summed E-state index contributed by atoms with van der Waals surface area (Å²) in [7, 11) is 1.62. The lowest BCUT2D eigenvalue weighted by molar-refractivity contribution is -0.592. The van der Waals surface area contributed by atoms with E-state index in [0.717, 1.165) is 38.0 Å². The molecule has 4 heteroatoms. The quantitative estimate of drug-likeness (QED) is 0.412. The van der Waals surface area contributed by atoms with Gasteiger partial charge in [-0.1, -0.05) is 17.7 Å². The van der Waals surface area contributed by atoms with E-state index in [0.29, 0.717) is 11.3 Å². The SMILES string of the molecule is COc1ccc2oc3cc[n+]([O-])c(-c4ccc(C)cc4)c3c2c1. The number of ether oxygens (including phenoxy) is 1. The van der Waals surface area contributed by atoms with Crippen LogP contribution in [0.2, 0.25) is 0 Å². The fraction of sp³-hybridized carbons (Fsp3) is 0.105. The molecule has 0 bridgehead atoms. The molecule has 0 aliphatic heterocycles. The number of hydrogen-bond donors (Lipinski definition) is 0. The van der Waals surface area contributed by atoms with Gasteiger partial charge >= 0.3 is 0 Å². The Morgan fingerprint density at radius 3 is 2.52 bits per heavy atom. The van der Waals surface area contributed by atoms with E-state index in [1.54, 1.807) is 13.2 Å². The molecule has 0 amide bonds. The topological polar surface area (TPSA) is 49.3 Å². The Kier molecular flexibility index (Phi) is 2.98. The molecular formula is C19H15NO3. The van der Waals surface area contributed by atoms with Gasteiger partial charge in [-0.25, -0.2) is 0 Å². The highest BCUT2D eigenvalue weighted by Crippen LogP contribution is 2.36. The van der Waals surface area contributed by atoms with E-state index >= 15 is 0 Å². The van der Waals surface area contributed by atoms with Crippen molar-refractivity contribution in [2.45, 2.75) is 6.92 Å². The van der Waals surface area contributed by atoms with Crippen molar-refractivity contribution in [3.05, 3.63) is 65.5 Å². The third-order valence-electron chi connectivity index (χ3n) is 4.07. The molecule has 114 valence electrons. The monoisotopic (exact) mass is 305 g/mol. The zero-order chi connectivity index (χ0) is 16.0. The summed E-state index contributed by atoms with van der Waals surface area (Å²) in [6, 6.07) is 15.2. The Morgan fingerprint density at radius 2 is 1.78 bits per heavy atom. The van der Waals surface area contributed by atoms with Gasteiger partial charge in [-0.15, -0.1) is 0 Å². The number of rotatable bonds is 2. The average Bonchev–Trinajstić information content (AvgIpc) is 2.93. The summed E-state index contributed by atoms with van der Waals surface area (Å²) in [6.45, 7) is 2.02. The van der Waals surface area contributed by atoms with Gasteiger partial charge in [-0.05, 0) is 37.3 Å². The minimum Gasteiger partial charge on any atom is -0.618 e. The van der Waals surface area contributed by atoms with Crippen LogP contribution >= 0.6 is 0 Å². The van der Waals surface area contributed by atoms with Gasteiger partial charge in [-0.3, -0.25) is 0 Å². The van der Waals surface area contributed by atoms with Crippen LogP contribution in [0.3, 0.4) is 0 Å². The van der Waals surface area contributed by atoms with E-state index in [4.69, 9.17) is 9.15 Å². The van der Waals surface area contributed by atoms with Crippen molar-refractivity contribution in [3.63, 3.8) is 0 Å². The molecule has 0 radical (unpaired) electrons. The zero-order valence-corrected chi connectivity index (χ0v) is 12.9. The predicted molar refractivity (Wildman–Crippen MR) is 89.4 cm³/mol. The fourth-order valence-electron chi connectivity index (χ4n) is 2.89. The molecule has 0 N–H and O–H groups in total. The van der Waals surface area contributed by atoms with Gasteiger partial charge in [0.2, 0.25) is 5.69 Å². The van der Waals surface area contributed by atoms with E-state index in [9.17, 15) is 5.21 Å². The van der Waals surface area contributed by atoms with Gasteiger partial charge in [0, 0.05) is 17.0 Å². The number of methoxy groups -OCH3 is 1. The number of benzene rings is 2. The Bertz CT molecular complexity index is 1020. The molecule has 0 fully saturated rings. The number of furan rings is 1. The zero-order valence-electron chi connectivity index (χ0n) is 12.9. The standard InChI is InChI=1S/C19H15NO3/c1-12-3-5-13(6-4-12)19-18-15-11-14(22-2)7-8-16(15)23-17(18)9-10-20(19)21/h3-11H,1-2H3. The third-order valence-corrected chi connectivity index (χ3v) is 4.07. The van der Waals surface area contributed by atoms with Gasteiger partial charge in [0.15, 0.2) is 6.20 Å². The van der Waals surface area contributed by atoms with Crippen molar-refractivity contribution in [2.75, 3.05) is 7.11 Å². The smallest absolute Gasteiger partial charge is 0.235 e. The van der Waals surface area contributed by atoms with Crippen LogP contribution in [0.25, 0.3) is 33.2 Å². The first-order valence-corrected chi connectivity index (χ1v) is 7.37. The Morgan fingerprint density at radius 1 is 1.00 bits per heavy atom. The van der Waals surface area contributed by atoms with Gasteiger partial charge in [0.25, 0.3) is 0 Å². The highest BCUT2D eigenvalue weighted by atomic mass is 16.5. The summed E-state index contributed by atoms with van der Waals surface area (Å²) in [6.07, 6.45) is 1.48. The van der Waals surface area contributed by atoms with Gasteiger partial charge in [0.1, 0.15) is 22.3 Å². The molecule has 0 saturated carbocycles. The first-order chi connectivity index (χ1) is 11.2. The molecule has 2 heterocycles. The van der Waals surface area contributed by atoms with E-state index in [2.05, 4.69) is 0 Å². The summed E-state index contributed by atoms with van der Waals surface area (Å²) in [5.41, 5.74) is 4.03. The maximum atomic E-state index is 12.5. The Balaban J connectivity index is 2.12. The molecular weight excluding hydrogens is 290 g/mol. The minimum atomic E-state index is 0.592. The largest absolute Gasteiger partial charge is 0.618 e. The van der Waals surface area contributed by atoms with Crippen LogP contribution in [0.15, 0.2) is 59.1 Å². The van der Waals surface area contributed by atoms with E-state index in [1.165, 1.54) is 6.20 Å². The van der Waals surface area contributed by atoms with Crippen LogP contribution < -0.4 is 9.47 Å². The highest BCUT2D eigenvalue weighted by molar-refractivity contribution is 6.10. The lowest BCUT2D eigenvalue weighted by Gasteiger charge is -2.06. The van der Waals surface area contributed by atoms with Crippen molar-refractivity contribution in [1.29, 1.82) is 0 Å². The lowest BCUT2D eigenvalue weighted by atomic mass is 10.0. The first-order valence-electron chi connectivity index (χ1n) is 7.37. The summed E-state index contributed by atoms with van der Waals surface area (Å²) in [4.78, 5) is 0. The molecule has 4 nitrogen and oxygen atoms in total. The van der Waals surface area contributed by atoms with Crippen molar-refractivity contribution >= 4 is 21.9 Å². The summed E-state index contributed by atoms with van der Waals surface area (Å²) >= 11 is 0. The minimum absolute atomic E-state index is 0.592. The van der Waals surface area contributed by atoms with Crippen LogP contribution in [0.1, 0.15) is 5.56 Å². The van der Waals surface area contributed by atoms with Crippen LogP contribution in [-0.2, 0) is 0 Å². The Hall–Kier alpha value is -3.01. The molecule has 2 aromatic heterocycles. The molecule has 2 aromatic carbocycles. The summed E-state index contributed by atoms with van der Waals surface area (Å²) < 4.78 is 12.1. The van der Waals surface area contributed by atoms with Gasteiger partial charge in [-0.2, -0.15) is 4.73 Å². The van der Waals surface area contributed by atoms with Crippen molar-refractivity contribution in [3.8, 4) is 17.0 Å². The molecule has 0 aliphatic rings. The third kappa shape index (κ3) is 2.11. The first kappa shape index (κ1) is 13.6. The molecule has 0 unspecified atom stereocenters. The van der Waals surface area contributed by atoms with E-state index in [-0.39, 0.29) is 0 Å². The lowest BCUT2D eigenvalue weighted by Crippen LogP contribution is -2.28. The predicted octanol–water partition coefficient (Wildman–Crippen LogP) is 4.20. The number of pyridine rings is 1. The van der Waals surface area contributed by atoms with Crippen LogP contribution in [-0.4, -0.2) is 7.11 Å². The second-order valence-corrected chi connectivity index (χ2v) is 5.56. The van der Waals surface area contributed by atoms with Crippen molar-refractivity contribution in [2.24, 2.45) is 0 Å². The fourth-order valence-corrected chi connectivity index (χ4v) is 2.89. The molecule has 0 saturated heterocycles. The normalized spacial score (nSPS) is 11.2. The average molecular weight is 305 g/mol. The van der Waals surface area contributed by atoms with Crippen LogP contribution in [0, 0.1) is 12.1 Å². The van der Waals surface area contributed by atoms with E-state index < -0.39 is 0 Å². The van der Waals surface area contributed by atoms with Crippen LogP contribution in [0.5, 0.6) is 5.75 Å². The second kappa shape index (κ2) is 5.02. The number of aromatic nitrogens is 1. The maximum Gasteiger partial charge on any atom is 0.235 e. The summed E-state index contributed by atoms with van der Waals surface area (Å²) in [5.74, 6) is 0.733. The number of aryl methyl sites for hydroxylation is 1. The second-order valence-electron chi connectivity index (χ2n) is 5.56. The molecule has 4 rings (SSSR count). The van der Waals surface area contributed by atoms with E-state index in [1.807, 2.05) is 49.4 Å². The van der Waals surface area contributed by atoms with Crippen LogP contribution in [0.4, 0.5) is 0 Å². The van der Waals surface area contributed by atoms with Crippen molar-refractivity contribution < 1.29 is 13.9 Å². The van der Waals surface area contributed by atoms with Crippen molar-refractivity contribution in [1.82, 2.24) is 0 Å². The number of hydrogen-bond acceptors (Lipinski definition) is 3. The van der Waals surface area contributed by atoms with Gasteiger partial charge in [0.05, 0.1) is 7.11 Å². The molecule has 23 heavy (non-hydrogen) atoms.